The van der Waals surface area contributed by atoms with Crippen molar-refractivity contribution in [3.63, 3.8) is 0 Å². The third-order valence-electron chi connectivity index (χ3n) is 16.1. The van der Waals surface area contributed by atoms with Crippen LogP contribution in [0.5, 0.6) is 23.0 Å². The van der Waals surface area contributed by atoms with Crippen molar-refractivity contribution in [2.45, 2.75) is 26.2 Å². The highest BCUT2D eigenvalue weighted by atomic mass is 16.6. The highest BCUT2D eigenvalue weighted by Gasteiger charge is 2.45. The van der Waals surface area contributed by atoms with Crippen LogP contribution in [0.25, 0.3) is 77.3 Å². The van der Waals surface area contributed by atoms with Crippen LogP contribution in [-0.2, 0) is 5.41 Å². The molecule has 6 heterocycles. The number of hydrogen-bond donors (Lipinski definition) is 0. The first-order chi connectivity index (χ1) is 37.8. The maximum absolute atomic E-state index is 6.50. The molecule has 2 aromatic heterocycles. The van der Waals surface area contributed by atoms with Crippen LogP contribution in [0.1, 0.15) is 26.3 Å². The minimum absolute atomic E-state index is 0.00955. The maximum Gasteiger partial charge on any atom is 0.252 e. The Kier molecular flexibility index (Phi) is 9.48. The van der Waals surface area contributed by atoms with Crippen LogP contribution in [0.15, 0.2) is 203 Å². The second-order valence-corrected chi connectivity index (χ2v) is 21.7. The van der Waals surface area contributed by atoms with Gasteiger partial charge in [0.25, 0.3) is 6.71 Å². The molecule has 8 nitrogen and oxygen atoms in total. The molecule has 0 unspecified atom stereocenters. The van der Waals surface area contributed by atoms with E-state index in [9.17, 15) is 0 Å². The summed E-state index contributed by atoms with van der Waals surface area (Å²) in [6.45, 7) is 8.54. The Bertz CT molecular complexity index is 4430. The summed E-state index contributed by atoms with van der Waals surface area (Å²) in [5, 5.41) is 4.42. The molecule has 4 aliphatic heterocycles. The van der Waals surface area contributed by atoms with Crippen LogP contribution in [0, 0.1) is 0 Å². The fourth-order valence-electron chi connectivity index (χ4n) is 12.4. The second-order valence-electron chi connectivity index (χ2n) is 21.7. The van der Waals surface area contributed by atoms with Crippen LogP contribution in [0.2, 0.25) is 0 Å². The Morgan fingerprint density at radius 2 is 0.857 bits per heavy atom. The summed E-state index contributed by atoms with van der Waals surface area (Å²) in [5.74, 6) is 2.92. The number of ether oxygens (including phenoxy) is 4. The van der Waals surface area contributed by atoms with Crippen molar-refractivity contribution >= 4 is 101 Å². The second kappa shape index (κ2) is 16.6. The number of fused-ring (bicyclic) bond motifs is 12. The molecule has 4 aliphatic rings. The molecule has 0 N–H and O–H groups in total. The molecule has 0 bridgehead atoms. The van der Waals surface area contributed by atoms with E-state index in [4.69, 9.17) is 27.8 Å². The summed E-state index contributed by atoms with van der Waals surface area (Å²) in [6, 6.07) is 70.3. The molecule has 370 valence electrons. The number of furan rings is 2. The summed E-state index contributed by atoms with van der Waals surface area (Å²) in [6.07, 6.45) is 0. The summed E-state index contributed by atoms with van der Waals surface area (Å²) in [7, 11) is 0. The molecule has 9 heteroatoms. The van der Waals surface area contributed by atoms with Gasteiger partial charge in [0.15, 0.2) is 23.0 Å². The van der Waals surface area contributed by atoms with E-state index in [-0.39, 0.29) is 12.1 Å². The molecule has 0 spiro atoms. The van der Waals surface area contributed by atoms with E-state index in [0.717, 1.165) is 140 Å². The lowest BCUT2D eigenvalue weighted by atomic mass is 9.33. The zero-order valence-corrected chi connectivity index (χ0v) is 42.7. The predicted molar refractivity (Wildman–Crippen MR) is 312 cm³/mol. The Hall–Kier alpha value is -9.34. The molecule has 0 radical (unpaired) electrons. The molecule has 0 atom stereocenters. The maximum atomic E-state index is 6.50. The predicted octanol–water partition coefficient (Wildman–Crippen LogP) is 15.4. The van der Waals surface area contributed by atoms with Gasteiger partial charge in [0.05, 0.1) is 5.69 Å². The van der Waals surface area contributed by atoms with E-state index < -0.39 is 0 Å². The van der Waals surface area contributed by atoms with Crippen LogP contribution in [0.4, 0.5) is 34.1 Å². The molecular formula is C68H49BN2O6. The van der Waals surface area contributed by atoms with E-state index in [1.165, 1.54) is 16.5 Å². The van der Waals surface area contributed by atoms with Gasteiger partial charge in [0.2, 0.25) is 0 Å². The van der Waals surface area contributed by atoms with Gasteiger partial charge in [-0.05, 0) is 146 Å². The Labute approximate surface area is 445 Å². The fraction of sp³-hybridized carbons (Fsp3) is 0.118. The standard InChI is InChI=1S/C68H49BN2O6/c1-68(2,3)46-20-15-40(16-21-46)45-33-57-67-58(34-45)71(48-22-26-61-64(37-48)73-28-27-72-61)56-39-66-65(74-29-30-75-66)38-54(56)69(67)53-25-19-42(44-18-24-52-50-12-5-7-14-60(50)77-63(52)36-44)32-55(53)70(57)47-10-8-9-41(31-47)43-17-23-51-49-11-4-6-13-59(49)76-62(51)35-43/h4-26,31-39H,27-30H2,1-3H3. The van der Waals surface area contributed by atoms with Crippen molar-refractivity contribution in [3.05, 3.63) is 200 Å². The largest absolute Gasteiger partial charge is 0.486 e. The molecule has 12 aromatic rings. The normalized spacial score (nSPS) is 14.3. The Morgan fingerprint density at radius 1 is 0.351 bits per heavy atom. The van der Waals surface area contributed by atoms with Crippen LogP contribution in [-0.4, -0.2) is 33.1 Å². The number of anilines is 6. The van der Waals surface area contributed by atoms with Gasteiger partial charge in [0, 0.05) is 62.1 Å². The molecule has 0 saturated heterocycles. The van der Waals surface area contributed by atoms with Gasteiger partial charge >= 0.3 is 0 Å². The van der Waals surface area contributed by atoms with Crippen molar-refractivity contribution in [3.8, 4) is 56.4 Å². The molecule has 10 aromatic carbocycles. The summed E-state index contributed by atoms with van der Waals surface area (Å²) in [4.78, 5) is 4.89. The van der Waals surface area contributed by atoms with Crippen LogP contribution < -0.4 is 45.1 Å². The first kappa shape index (κ1) is 44.0. The molecule has 0 saturated carbocycles. The topological polar surface area (TPSA) is 69.7 Å². The number of nitrogens with zero attached hydrogens (tertiary/aromatic N) is 2. The quantitative estimate of drug-likeness (QED) is 0.158. The molecule has 77 heavy (non-hydrogen) atoms. The van der Waals surface area contributed by atoms with E-state index in [1.807, 2.05) is 30.3 Å². The van der Waals surface area contributed by atoms with Gasteiger partial charge in [-0.3, -0.25) is 0 Å². The van der Waals surface area contributed by atoms with Crippen molar-refractivity contribution in [2.24, 2.45) is 0 Å². The van der Waals surface area contributed by atoms with Crippen molar-refractivity contribution < 1.29 is 27.8 Å². The first-order valence-electron chi connectivity index (χ1n) is 26.6. The average molecular weight is 1000 g/mol. The summed E-state index contributed by atoms with van der Waals surface area (Å²) >= 11 is 0. The number of benzene rings is 10. The molecule has 0 amide bonds. The van der Waals surface area contributed by atoms with Gasteiger partial charge in [0.1, 0.15) is 48.8 Å². The molecule has 0 aliphatic carbocycles. The van der Waals surface area contributed by atoms with Gasteiger partial charge in [-0.2, -0.15) is 0 Å². The minimum Gasteiger partial charge on any atom is -0.486 e. The SMILES string of the molecule is CC(C)(C)c1ccc(-c2cc3c4c(c2)N(c2ccc5c(c2)OCCO5)c2cc5c(cc2B4c2ccc(-c4ccc6c(c4)oc4ccccc46)cc2N3c2cccc(-c3ccc4c(c3)oc3ccccc34)c2)OCCO5)cc1. The summed E-state index contributed by atoms with van der Waals surface area (Å²) < 4.78 is 38.3. The number of para-hydroxylation sites is 2. The van der Waals surface area contributed by atoms with Crippen LogP contribution in [0.3, 0.4) is 0 Å². The number of hydrogen-bond acceptors (Lipinski definition) is 8. The monoisotopic (exact) mass is 1000 g/mol. The van der Waals surface area contributed by atoms with Crippen molar-refractivity contribution in [1.82, 2.24) is 0 Å². The zero-order valence-electron chi connectivity index (χ0n) is 42.7. The van der Waals surface area contributed by atoms with Gasteiger partial charge in [-0.1, -0.05) is 118 Å². The Balaban J connectivity index is 0.969. The molecule has 0 fully saturated rings. The fourth-order valence-corrected chi connectivity index (χ4v) is 12.4. The Morgan fingerprint density at radius 3 is 1.51 bits per heavy atom. The van der Waals surface area contributed by atoms with E-state index in [2.05, 4.69) is 194 Å². The van der Waals surface area contributed by atoms with Crippen molar-refractivity contribution in [2.75, 3.05) is 36.2 Å². The first-order valence-corrected chi connectivity index (χ1v) is 26.6. The zero-order chi connectivity index (χ0) is 51.1. The van der Waals surface area contributed by atoms with Crippen LogP contribution >= 0.6 is 0 Å². The van der Waals surface area contributed by atoms with Gasteiger partial charge in [-0.25, -0.2) is 0 Å². The van der Waals surface area contributed by atoms with E-state index in [0.29, 0.717) is 26.4 Å². The van der Waals surface area contributed by atoms with E-state index >= 15 is 0 Å². The third-order valence-corrected chi connectivity index (χ3v) is 16.1. The minimum atomic E-state index is -0.201. The van der Waals surface area contributed by atoms with Crippen molar-refractivity contribution in [1.29, 1.82) is 0 Å². The lowest BCUT2D eigenvalue weighted by Crippen LogP contribution is -2.61. The number of rotatable bonds is 5. The average Bonchev–Trinajstić information content (AvgIpc) is 4.16. The lowest BCUT2D eigenvalue weighted by Gasteiger charge is -2.45. The highest BCUT2D eigenvalue weighted by Crippen LogP contribution is 2.50. The lowest BCUT2D eigenvalue weighted by molar-refractivity contribution is 0.171. The smallest absolute Gasteiger partial charge is 0.252 e. The highest BCUT2D eigenvalue weighted by molar-refractivity contribution is 7.00. The molecule has 16 rings (SSSR count). The summed E-state index contributed by atoms with van der Waals surface area (Å²) in [5.41, 5.74) is 20.9. The van der Waals surface area contributed by atoms with Gasteiger partial charge in [-0.15, -0.1) is 0 Å². The third kappa shape index (κ3) is 6.92. The molecular weight excluding hydrogens is 952 g/mol. The van der Waals surface area contributed by atoms with E-state index in [1.54, 1.807) is 0 Å². The van der Waals surface area contributed by atoms with Gasteiger partial charge < -0.3 is 37.6 Å².